The summed E-state index contributed by atoms with van der Waals surface area (Å²) < 4.78 is 1.98. The fourth-order valence-corrected chi connectivity index (χ4v) is 3.05. The highest BCUT2D eigenvalue weighted by atomic mass is 15.3. The van der Waals surface area contributed by atoms with E-state index >= 15 is 0 Å². The molecule has 0 aliphatic carbocycles. The Balaban J connectivity index is 0.00000121. The van der Waals surface area contributed by atoms with Crippen LogP contribution >= 0.6 is 0 Å². The van der Waals surface area contributed by atoms with Crippen molar-refractivity contribution in [1.82, 2.24) is 24.7 Å². The zero-order valence-corrected chi connectivity index (χ0v) is 13.9. The molecule has 3 aromatic rings. The monoisotopic (exact) mass is 327 g/mol. The van der Waals surface area contributed by atoms with Gasteiger partial charge in [-0.3, -0.25) is 0 Å². The van der Waals surface area contributed by atoms with E-state index < -0.39 is 0 Å². The van der Waals surface area contributed by atoms with E-state index in [4.69, 9.17) is 0 Å². The minimum atomic E-state index is 0. The molecule has 4 heterocycles. The molecule has 1 atom stereocenters. The van der Waals surface area contributed by atoms with Crippen LogP contribution in [0.5, 0.6) is 0 Å². The van der Waals surface area contributed by atoms with Crippen LogP contribution < -0.4 is 15.5 Å². The first-order chi connectivity index (χ1) is 11.7. The van der Waals surface area contributed by atoms with E-state index in [1.165, 1.54) is 0 Å². The Labute approximate surface area is 143 Å². The molecule has 1 aliphatic heterocycles. The molecule has 7 nitrogen and oxygen atoms in total. The summed E-state index contributed by atoms with van der Waals surface area (Å²) in [6.07, 6.45) is 5.70. The highest BCUT2D eigenvalue weighted by Crippen LogP contribution is 2.21. The molecule has 1 aliphatic rings. The molecule has 0 unspecified atom stereocenters. The van der Waals surface area contributed by atoms with Crippen molar-refractivity contribution >= 4 is 23.0 Å². The topological polar surface area (TPSA) is 70.4 Å². The second-order valence-corrected chi connectivity index (χ2v) is 6.19. The molecule has 2 N–H and O–H groups in total. The quantitative estimate of drug-likeness (QED) is 0.770. The maximum Gasteiger partial charge on any atom is 0.138 e. The predicted molar refractivity (Wildman–Crippen MR) is 99.1 cm³/mol. The molecule has 0 saturated carbocycles. The number of fused-ring (bicyclic) bond motifs is 1. The molecular formula is C17H25N7. The van der Waals surface area contributed by atoms with E-state index in [0.29, 0.717) is 6.04 Å². The van der Waals surface area contributed by atoms with Crippen molar-refractivity contribution in [2.75, 3.05) is 29.9 Å². The van der Waals surface area contributed by atoms with Crippen LogP contribution in [-0.2, 0) is 0 Å². The lowest BCUT2D eigenvalue weighted by molar-refractivity contribution is 0.482. The van der Waals surface area contributed by atoms with Crippen molar-refractivity contribution in [2.24, 2.45) is 0 Å². The van der Waals surface area contributed by atoms with Crippen molar-refractivity contribution in [3.8, 4) is 0 Å². The average Bonchev–Trinajstić information content (AvgIpc) is 3.02. The Morgan fingerprint density at radius 1 is 1.29 bits per heavy atom. The van der Waals surface area contributed by atoms with Crippen LogP contribution in [0.15, 0.2) is 36.8 Å². The third kappa shape index (κ3) is 3.03. The fraction of sp³-hybridized carbons (Fsp3) is 0.353. The van der Waals surface area contributed by atoms with Crippen LogP contribution in [-0.4, -0.2) is 45.0 Å². The Kier molecular flexibility index (Phi) is 3.78. The van der Waals surface area contributed by atoms with Gasteiger partial charge in [-0.1, -0.05) is 0 Å². The number of hydrogen-bond acceptors (Lipinski definition) is 6. The molecule has 0 aromatic carbocycles. The van der Waals surface area contributed by atoms with Gasteiger partial charge in [-0.25, -0.2) is 15.0 Å². The summed E-state index contributed by atoms with van der Waals surface area (Å²) in [7, 11) is 0. The van der Waals surface area contributed by atoms with Gasteiger partial charge in [0.05, 0.1) is 0 Å². The van der Waals surface area contributed by atoms with E-state index in [-0.39, 0.29) is 2.85 Å². The lowest BCUT2D eigenvalue weighted by Crippen LogP contribution is -2.49. The molecule has 1 saturated heterocycles. The SMILES string of the molecule is Cc1nc(Nc2ccn3ccnc3c2)cc(N2CCN[C@@H](C)C2)n1.[HH].[HH]. The number of hydrogen-bond donors (Lipinski definition) is 2. The number of anilines is 3. The summed E-state index contributed by atoms with van der Waals surface area (Å²) in [5, 5.41) is 6.83. The summed E-state index contributed by atoms with van der Waals surface area (Å²) in [5.41, 5.74) is 1.87. The number of nitrogens with zero attached hydrogens (tertiary/aromatic N) is 5. The van der Waals surface area contributed by atoms with Crippen molar-refractivity contribution in [3.63, 3.8) is 0 Å². The molecule has 7 heteroatoms. The molecule has 24 heavy (non-hydrogen) atoms. The number of rotatable bonds is 3. The lowest BCUT2D eigenvalue weighted by atomic mass is 10.2. The zero-order valence-electron chi connectivity index (χ0n) is 13.9. The Morgan fingerprint density at radius 2 is 2.21 bits per heavy atom. The first-order valence-electron chi connectivity index (χ1n) is 8.21. The molecule has 1 fully saturated rings. The highest BCUT2D eigenvalue weighted by molar-refractivity contribution is 5.63. The van der Waals surface area contributed by atoms with E-state index in [1.54, 1.807) is 6.20 Å². The van der Waals surface area contributed by atoms with Gasteiger partial charge < -0.3 is 19.9 Å². The number of imidazole rings is 1. The zero-order chi connectivity index (χ0) is 16.5. The van der Waals surface area contributed by atoms with Crippen molar-refractivity contribution in [2.45, 2.75) is 19.9 Å². The van der Waals surface area contributed by atoms with Crippen LogP contribution in [0.2, 0.25) is 0 Å². The van der Waals surface area contributed by atoms with Gasteiger partial charge in [-0.2, -0.15) is 0 Å². The van der Waals surface area contributed by atoms with Gasteiger partial charge in [0.15, 0.2) is 0 Å². The third-order valence-corrected chi connectivity index (χ3v) is 4.19. The van der Waals surface area contributed by atoms with Gasteiger partial charge in [0.2, 0.25) is 0 Å². The highest BCUT2D eigenvalue weighted by Gasteiger charge is 2.18. The lowest BCUT2D eigenvalue weighted by Gasteiger charge is -2.33. The third-order valence-electron chi connectivity index (χ3n) is 4.19. The molecule has 4 rings (SSSR count). The average molecular weight is 327 g/mol. The van der Waals surface area contributed by atoms with E-state index in [1.807, 2.05) is 41.9 Å². The number of piperazine rings is 1. The van der Waals surface area contributed by atoms with Gasteiger partial charge in [0, 0.05) is 64.9 Å². The van der Waals surface area contributed by atoms with E-state index in [0.717, 1.165) is 48.4 Å². The fourth-order valence-electron chi connectivity index (χ4n) is 3.05. The van der Waals surface area contributed by atoms with Crippen LogP contribution in [0.25, 0.3) is 5.65 Å². The van der Waals surface area contributed by atoms with Crippen LogP contribution in [0.1, 0.15) is 15.6 Å². The predicted octanol–water partition coefficient (Wildman–Crippen LogP) is 2.47. The minimum Gasteiger partial charge on any atom is -0.354 e. The minimum absolute atomic E-state index is 0. The number of aryl methyl sites for hydroxylation is 1. The van der Waals surface area contributed by atoms with Crippen molar-refractivity contribution in [3.05, 3.63) is 42.6 Å². The van der Waals surface area contributed by atoms with Crippen molar-refractivity contribution < 1.29 is 2.85 Å². The summed E-state index contributed by atoms with van der Waals surface area (Å²) >= 11 is 0. The molecule has 0 radical (unpaired) electrons. The van der Waals surface area contributed by atoms with Crippen LogP contribution in [0.3, 0.4) is 0 Å². The largest absolute Gasteiger partial charge is 0.354 e. The summed E-state index contributed by atoms with van der Waals surface area (Å²) in [6, 6.07) is 6.50. The summed E-state index contributed by atoms with van der Waals surface area (Å²) in [4.78, 5) is 15.7. The Morgan fingerprint density at radius 3 is 3.08 bits per heavy atom. The molecule has 3 aromatic heterocycles. The van der Waals surface area contributed by atoms with Crippen LogP contribution in [0.4, 0.5) is 17.3 Å². The standard InChI is InChI=1S/C17H21N7.2H2/c1-12-11-24(8-4-18-12)17-10-15(20-13(2)21-17)22-14-3-6-23-7-5-19-16(23)9-14;;/h3,5-7,9-10,12,18H,4,8,11H2,1-2H3,(H,20,21,22);2*1H/t12-;;/m0../s1. The molecule has 0 bridgehead atoms. The number of pyridine rings is 1. The molecular weight excluding hydrogens is 302 g/mol. The molecule has 0 spiro atoms. The Bertz CT molecular complexity index is 867. The number of nitrogens with one attached hydrogen (secondary N) is 2. The van der Waals surface area contributed by atoms with Gasteiger partial charge in [0.1, 0.15) is 23.1 Å². The van der Waals surface area contributed by atoms with E-state index in [9.17, 15) is 0 Å². The second-order valence-electron chi connectivity index (χ2n) is 6.19. The maximum absolute atomic E-state index is 4.61. The second kappa shape index (κ2) is 6.09. The maximum atomic E-state index is 4.61. The first kappa shape index (κ1) is 14.9. The number of aromatic nitrogens is 4. The van der Waals surface area contributed by atoms with Gasteiger partial charge in [-0.05, 0) is 19.9 Å². The van der Waals surface area contributed by atoms with Crippen LogP contribution in [0, 0.1) is 6.92 Å². The Hall–Kier alpha value is -2.67. The first-order valence-corrected chi connectivity index (χ1v) is 8.21. The summed E-state index contributed by atoms with van der Waals surface area (Å²) in [6.45, 7) is 7.01. The van der Waals surface area contributed by atoms with Gasteiger partial charge >= 0.3 is 0 Å². The normalized spacial score (nSPS) is 18.1. The van der Waals surface area contributed by atoms with Gasteiger partial charge in [-0.15, -0.1) is 0 Å². The molecule has 0 amide bonds. The summed E-state index contributed by atoms with van der Waals surface area (Å²) in [5.74, 6) is 2.54. The van der Waals surface area contributed by atoms with Gasteiger partial charge in [0.25, 0.3) is 0 Å². The smallest absolute Gasteiger partial charge is 0.138 e. The molecule has 128 valence electrons. The van der Waals surface area contributed by atoms with Crippen molar-refractivity contribution in [1.29, 1.82) is 0 Å². The van der Waals surface area contributed by atoms with E-state index in [2.05, 4.69) is 37.4 Å².